The Balaban J connectivity index is 2.71. The van der Waals surface area contributed by atoms with Gasteiger partial charge in [0.15, 0.2) is 0 Å². The van der Waals surface area contributed by atoms with Crippen LogP contribution in [-0.2, 0) is 10.0 Å². The van der Waals surface area contributed by atoms with Crippen LogP contribution in [0.4, 0.5) is 0 Å². The van der Waals surface area contributed by atoms with Crippen LogP contribution in [0.1, 0.15) is 19.4 Å². The summed E-state index contributed by atoms with van der Waals surface area (Å²) < 4.78 is 5.67. The molecule has 0 bridgehead atoms. The Hall–Kier alpha value is -1.12. The van der Waals surface area contributed by atoms with Crippen molar-refractivity contribution in [1.29, 1.82) is 0 Å². The van der Waals surface area contributed by atoms with E-state index in [0.717, 1.165) is 10.5 Å². The second kappa shape index (κ2) is 3.80. The number of hydrogen-bond acceptors (Lipinski definition) is 1. The average Bonchev–Trinajstić information content (AvgIpc) is 2.28. The third-order valence-corrected chi connectivity index (χ3v) is 3.97. The van der Waals surface area contributed by atoms with Gasteiger partial charge in [-0.15, -0.1) is 0 Å². The number of rotatable bonds is 2. The summed E-state index contributed by atoms with van der Waals surface area (Å²) in [7, 11) is 0.758. The Morgan fingerprint density at radius 1 is 1.00 bits per heavy atom. The lowest BCUT2D eigenvalue weighted by Crippen LogP contribution is -2.20. The molecule has 15 heavy (non-hydrogen) atoms. The summed E-state index contributed by atoms with van der Waals surface area (Å²) in [6, 6.07) is 14.8. The van der Waals surface area contributed by atoms with Gasteiger partial charge in [-0.3, -0.25) is 0 Å². The third-order valence-electron chi connectivity index (χ3n) is 2.95. The quantitative estimate of drug-likeness (QED) is 0.700. The summed E-state index contributed by atoms with van der Waals surface area (Å²) in [4.78, 5) is 0. The van der Waals surface area contributed by atoms with Crippen LogP contribution in [0.2, 0.25) is 0 Å². The molecule has 0 aliphatic carbocycles. The fraction of sp³-hybridized carbons (Fsp3) is 0.231. The van der Waals surface area contributed by atoms with Crippen molar-refractivity contribution in [1.82, 2.24) is 0 Å². The first-order valence-corrected chi connectivity index (χ1v) is 6.00. The molecular weight excluding hydrogens is 200 g/mol. The largest absolute Gasteiger partial charge is 0.419 e. The molecule has 0 saturated heterocycles. The van der Waals surface area contributed by atoms with Crippen molar-refractivity contribution in [2.75, 3.05) is 0 Å². The van der Waals surface area contributed by atoms with Gasteiger partial charge in [0.25, 0.3) is 0 Å². The molecule has 0 unspecified atom stereocenters. The zero-order chi connectivity index (χ0) is 10.9. The van der Waals surface area contributed by atoms with Crippen LogP contribution in [0, 0.1) is 0 Å². The zero-order valence-electron chi connectivity index (χ0n) is 9.45. The minimum absolute atomic E-state index is 0.174. The zero-order valence-corrected chi connectivity index (χ0v) is 11.4. The van der Waals surface area contributed by atoms with Gasteiger partial charge in [-0.25, -0.2) is 0 Å². The van der Waals surface area contributed by atoms with E-state index in [-0.39, 0.29) is 5.60 Å². The molecule has 2 aromatic rings. The Bertz CT molecular complexity index is 471. The fourth-order valence-corrected chi connectivity index (χ4v) is 2.08. The number of benzene rings is 2. The van der Waals surface area contributed by atoms with Crippen LogP contribution in [0.5, 0.6) is 0 Å². The van der Waals surface area contributed by atoms with E-state index < -0.39 is 0 Å². The maximum Gasteiger partial charge on any atom is 0.147 e. The van der Waals surface area contributed by atoms with E-state index in [1.54, 1.807) is 0 Å². The standard InChI is InChI=1S/C13H16OSi/c1-13(2,14-15)12-9-5-7-10-6-3-4-8-11(10)12/h3-9H,1-2,15H3. The number of fused-ring (bicyclic) bond motifs is 1. The van der Waals surface area contributed by atoms with Crippen molar-refractivity contribution >= 4 is 21.3 Å². The Kier molecular flexibility index (Phi) is 2.63. The van der Waals surface area contributed by atoms with E-state index in [4.69, 9.17) is 4.43 Å². The second-order valence-corrected chi connectivity index (χ2v) is 4.65. The highest BCUT2D eigenvalue weighted by atomic mass is 28.2. The monoisotopic (exact) mass is 216 g/mol. The van der Waals surface area contributed by atoms with E-state index in [1.165, 1.54) is 16.3 Å². The maximum atomic E-state index is 5.67. The first kappa shape index (κ1) is 10.4. The highest BCUT2D eigenvalue weighted by Crippen LogP contribution is 2.30. The van der Waals surface area contributed by atoms with Gasteiger partial charge in [-0.05, 0) is 30.2 Å². The van der Waals surface area contributed by atoms with Crippen LogP contribution < -0.4 is 0 Å². The molecule has 0 fully saturated rings. The van der Waals surface area contributed by atoms with Gasteiger partial charge in [0.05, 0.1) is 5.60 Å². The Labute approximate surface area is 93.6 Å². The maximum absolute atomic E-state index is 5.67. The van der Waals surface area contributed by atoms with Crippen molar-refractivity contribution in [3.8, 4) is 0 Å². The van der Waals surface area contributed by atoms with Gasteiger partial charge >= 0.3 is 0 Å². The van der Waals surface area contributed by atoms with Gasteiger partial charge < -0.3 is 4.43 Å². The molecule has 0 amide bonds. The SMILES string of the molecule is CC(C)(O[SiH3])c1cccc2ccccc12. The summed E-state index contributed by atoms with van der Waals surface area (Å²) in [5.74, 6) is 0. The van der Waals surface area contributed by atoms with Crippen LogP contribution >= 0.6 is 0 Å². The molecular formula is C13H16OSi. The molecule has 0 N–H and O–H groups in total. The molecule has 2 heteroatoms. The van der Waals surface area contributed by atoms with Gasteiger partial charge in [-0.2, -0.15) is 0 Å². The van der Waals surface area contributed by atoms with Gasteiger partial charge in [0.1, 0.15) is 10.5 Å². The number of hydrogen-bond donors (Lipinski definition) is 0. The van der Waals surface area contributed by atoms with Crippen LogP contribution in [0.15, 0.2) is 42.5 Å². The van der Waals surface area contributed by atoms with Crippen molar-refractivity contribution in [2.24, 2.45) is 0 Å². The van der Waals surface area contributed by atoms with E-state index in [2.05, 4.69) is 56.3 Å². The third kappa shape index (κ3) is 1.83. The van der Waals surface area contributed by atoms with Crippen molar-refractivity contribution in [3.05, 3.63) is 48.0 Å². The Morgan fingerprint density at radius 3 is 2.40 bits per heavy atom. The van der Waals surface area contributed by atoms with E-state index in [9.17, 15) is 0 Å². The molecule has 1 nitrogen and oxygen atoms in total. The lowest BCUT2D eigenvalue weighted by Gasteiger charge is -2.25. The molecule has 78 valence electrons. The van der Waals surface area contributed by atoms with E-state index in [0.29, 0.717) is 0 Å². The van der Waals surface area contributed by atoms with Crippen LogP contribution in [-0.4, -0.2) is 10.5 Å². The van der Waals surface area contributed by atoms with Gasteiger partial charge in [0, 0.05) is 0 Å². The van der Waals surface area contributed by atoms with Crippen LogP contribution in [0.25, 0.3) is 10.8 Å². The molecule has 0 atom stereocenters. The molecule has 0 radical (unpaired) electrons. The highest BCUT2D eigenvalue weighted by Gasteiger charge is 2.20. The van der Waals surface area contributed by atoms with E-state index in [1.807, 2.05) is 0 Å². The predicted molar refractivity (Wildman–Crippen MR) is 68.0 cm³/mol. The predicted octanol–water partition coefficient (Wildman–Crippen LogP) is 2.37. The lowest BCUT2D eigenvalue weighted by molar-refractivity contribution is 0.125. The first-order chi connectivity index (χ1) is 7.15. The lowest BCUT2D eigenvalue weighted by atomic mass is 9.93. The summed E-state index contributed by atoms with van der Waals surface area (Å²) in [5.41, 5.74) is 1.10. The molecule has 0 aliphatic heterocycles. The molecule has 2 aromatic carbocycles. The minimum Gasteiger partial charge on any atom is -0.419 e. The summed E-state index contributed by atoms with van der Waals surface area (Å²) in [5, 5.41) is 2.57. The van der Waals surface area contributed by atoms with Gasteiger partial charge in [0.2, 0.25) is 0 Å². The summed E-state index contributed by atoms with van der Waals surface area (Å²) >= 11 is 0. The molecule has 0 spiro atoms. The summed E-state index contributed by atoms with van der Waals surface area (Å²) in [6.45, 7) is 4.25. The highest BCUT2D eigenvalue weighted by molar-refractivity contribution is 5.98. The molecule has 0 aromatic heterocycles. The van der Waals surface area contributed by atoms with Crippen molar-refractivity contribution < 1.29 is 4.43 Å². The Morgan fingerprint density at radius 2 is 1.67 bits per heavy atom. The summed E-state index contributed by atoms with van der Waals surface area (Å²) in [6.07, 6.45) is 0. The molecule has 0 aliphatic rings. The first-order valence-electron chi connectivity index (χ1n) is 5.18. The average molecular weight is 216 g/mol. The van der Waals surface area contributed by atoms with Crippen LogP contribution in [0.3, 0.4) is 0 Å². The smallest absolute Gasteiger partial charge is 0.147 e. The molecule has 0 heterocycles. The normalized spacial score (nSPS) is 12.1. The fourth-order valence-electron chi connectivity index (χ4n) is 1.86. The van der Waals surface area contributed by atoms with Crippen molar-refractivity contribution in [3.63, 3.8) is 0 Å². The van der Waals surface area contributed by atoms with Crippen molar-refractivity contribution in [2.45, 2.75) is 19.4 Å². The molecule has 0 saturated carbocycles. The van der Waals surface area contributed by atoms with E-state index >= 15 is 0 Å². The minimum atomic E-state index is -0.174. The second-order valence-electron chi connectivity index (χ2n) is 4.24. The van der Waals surface area contributed by atoms with Gasteiger partial charge in [-0.1, -0.05) is 42.5 Å². The molecule has 2 rings (SSSR count). The topological polar surface area (TPSA) is 9.23 Å².